The van der Waals surface area contributed by atoms with Crippen LogP contribution in [0.15, 0.2) is 53.5 Å². The SMILES string of the molecule is Cc1ccc2nc(CN(C)CC(=O)Nc3cccc(Cl)c3)cc(=O)n2c1. The summed E-state index contributed by atoms with van der Waals surface area (Å²) in [5, 5.41) is 3.36. The monoisotopic (exact) mass is 370 g/mol. The average Bonchev–Trinajstić information content (AvgIpc) is 2.55. The first-order valence-corrected chi connectivity index (χ1v) is 8.51. The third-order valence-corrected chi connectivity index (χ3v) is 4.05. The van der Waals surface area contributed by atoms with Crippen molar-refractivity contribution in [2.24, 2.45) is 0 Å². The molecule has 0 bridgehead atoms. The summed E-state index contributed by atoms with van der Waals surface area (Å²) in [5.41, 5.74) is 2.72. The number of carbonyl (C=O) groups excluding carboxylic acids is 1. The van der Waals surface area contributed by atoms with Gasteiger partial charge in [0.05, 0.1) is 12.2 Å². The Morgan fingerprint density at radius 2 is 2.08 bits per heavy atom. The number of carbonyl (C=O) groups is 1. The maximum absolute atomic E-state index is 12.2. The van der Waals surface area contributed by atoms with Crippen molar-refractivity contribution in [3.8, 4) is 0 Å². The van der Waals surface area contributed by atoms with Gasteiger partial charge in [0, 0.05) is 29.5 Å². The molecule has 0 spiro atoms. The van der Waals surface area contributed by atoms with Crippen LogP contribution in [0.1, 0.15) is 11.3 Å². The number of nitrogens with zero attached hydrogens (tertiary/aromatic N) is 3. The van der Waals surface area contributed by atoms with E-state index in [0.29, 0.717) is 28.6 Å². The van der Waals surface area contributed by atoms with E-state index in [1.54, 1.807) is 42.4 Å². The molecule has 0 aliphatic rings. The fraction of sp³-hybridized carbons (Fsp3) is 0.211. The summed E-state index contributed by atoms with van der Waals surface area (Å²) in [6, 6.07) is 12.2. The van der Waals surface area contributed by atoms with Crippen LogP contribution in [0.4, 0.5) is 5.69 Å². The summed E-state index contributed by atoms with van der Waals surface area (Å²) in [5.74, 6) is -0.164. The number of pyridine rings is 1. The van der Waals surface area contributed by atoms with Crippen molar-refractivity contribution >= 4 is 28.8 Å². The second-order valence-electron chi connectivity index (χ2n) is 6.25. The minimum atomic E-state index is -0.164. The Morgan fingerprint density at radius 1 is 1.27 bits per heavy atom. The molecule has 0 aliphatic carbocycles. The van der Waals surface area contributed by atoms with Crippen LogP contribution in [0, 0.1) is 6.92 Å². The van der Waals surface area contributed by atoms with Crippen molar-refractivity contribution in [2.75, 3.05) is 18.9 Å². The first-order chi connectivity index (χ1) is 12.4. The Labute approximate surface area is 156 Å². The van der Waals surface area contributed by atoms with Crippen LogP contribution in [0.25, 0.3) is 5.65 Å². The van der Waals surface area contributed by atoms with E-state index in [1.165, 1.54) is 10.5 Å². The Kier molecular flexibility index (Phi) is 5.35. The average molecular weight is 371 g/mol. The van der Waals surface area contributed by atoms with Crippen molar-refractivity contribution < 1.29 is 4.79 Å². The van der Waals surface area contributed by atoms with Crippen LogP contribution in [0.3, 0.4) is 0 Å². The highest BCUT2D eigenvalue weighted by atomic mass is 35.5. The van der Waals surface area contributed by atoms with Crippen LogP contribution in [-0.2, 0) is 11.3 Å². The summed E-state index contributed by atoms with van der Waals surface area (Å²) in [4.78, 5) is 30.7. The quantitative estimate of drug-likeness (QED) is 0.750. The summed E-state index contributed by atoms with van der Waals surface area (Å²) in [6.07, 6.45) is 1.76. The molecule has 1 N–H and O–H groups in total. The zero-order valence-corrected chi connectivity index (χ0v) is 15.3. The van der Waals surface area contributed by atoms with Gasteiger partial charge in [-0.1, -0.05) is 23.7 Å². The molecule has 2 heterocycles. The number of aryl methyl sites for hydroxylation is 1. The summed E-state index contributed by atoms with van der Waals surface area (Å²) >= 11 is 5.91. The predicted molar refractivity (Wildman–Crippen MR) is 103 cm³/mol. The highest BCUT2D eigenvalue weighted by Gasteiger charge is 2.10. The zero-order chi connectivity index (χ0) is 18.7. The second-order valence-corrected chi connectivity index (χ2v) is 6.69. The van der Waals surface area contributed by atoms with Gasteiger partial charge >= 0.3 is 0 Å². The Bertz CT molecular complexity index is 1020. The number of likely N-dealkylation sites (N-methyl/N-ethyl adjacent to an activating group) is 1. The number of hydrogen-bond acceptors (Lipinski definition) is 4. The van der Waals surface area contributed by atoms with Gasteiger partial charge in [-0.25, -0.2) is 4.98 Å². The normalized spacial score (nSPS) is 11.1. The number of anilines is 1. The topological polar surface area (TPSA) is 66.7 Å². The molecule has 26 heavy (non-hydrogen) atoms. The lowest BCUT2D eigenvalue weighted by Crippen LogP contribution is -2.30. The summed E-state index contributed by atoms with van der Waals surface area (Å²) < 4.78 is 1.52. The summed E-state index contributed by atoms with van der Waals surface area (Å²) in [6.45, 7) is 2.48. The molecule has 1 amide bonds. The Hall–Kier alpha value is -2.70. The largest absolute Gasteiger partial charge is 0.325 e. The Balaban J connectivity index is 1.67. The van der Waals surface area contributed by atoms with Gasteiger partial charge in [0.1, 0.15) is 5.65 Å². The van der Waals surface area contributed by atoms with Gasteiger partial charge in [-0.05, 0) is 43.8 Å². The van der Waals surface area contributed by atoms with E-state index >= 15 is 0 Å². The van der Waals surface area contributed by atoms with Crippen LogP contribution in [0.5, 0.6) is 0 Å². The number of nitrogens with one attached hydrogen (secondary N) is 1. The van der Waals surface area contributed by atoms with Crippen LogP contribution >= 0.6 is 11.6 Å². The molecule has 3 rings (SSSR count). The molecule has 0 unspecified atom stereocenters. The minimum absolute atomic E-state index is 0.134. The van der Waals surface area contributed by atoms with E-state index in [-0.39, 0.29) is 18.0 Å². The molecule has 0 atom stereocenters. The van der Waals surface area contributed by atoms with Crippen molar-refractivity contribution in [1.29, 1.82) is 0 Å². The molecular weight excluding hydrogens is 352 g/mol. The van der Waals surface area contributed by atoms with Gasteiger partial charge in [0.15, 0.2) is 0 Å². The van der Waals surface area contributed by atoms with Crippen molar-refractivity contribution in [2.45, 2.75) is 13.5 Å². The molecule has 1 aromatic carbocycles. The molecule has 0 radical (unpaired) electrons. The molecule has 6 nitrogen and oxygen atoms in total. The maximum Gasteiger partial charge on any atom is 0.258 e. The van der Waals surface area contributed by atoms with E-state index < -0.39 is 0 Å². The third-order valence-electron chi connectivity index (χ3n) is 3.81. The van der Waals surface area contributed by atoms with Crippen LogP contribution in [-0.4, -0.2) is 33.8 Å². The fourth-order valence-corrected chi connectivity index (χ4v) is 2.87. The van der Waals surface area contributed by atoms with E-state index in [1.807, 2.05) is 19.1 Å². The molecule has 2 aromatic heterocycles. The van der Waals surface area contributed by atoms with Crippen molar-refractivity contribution in [3.05, 3.63) is 75.3 Å². The van der Waals surface area contributed by atoms with E-state index in [4.69, 9.17) is 11.6 Å². The van der Waals surface area contributed by atoms with Crippen LogP contribution < -0.4 is 10.9 Å². The minimum Gasteiger partial charge on any atom is -0.325 e. The lowest BCUT2D eigenvalue weighted by molar-refractivity contribution is -0.117. The lowest BCUT2D eigenvalue weighted by atomic mass is 10.3. The molecule has 0 aliphatic heterocycles. The van der Waals surface area contributed by atoms with E-state index in [9.17, 15) is 9.59 Å². The lowest BCUT2D eigenvalue weighted by Gasteiger charge is -2.16. The third kappa shape index (κ3) is 4.47. The molecule has 0 fully saturated rings. The van der Waals surface area contributed by atoms with Gasteiger partial charge in [-0.3, -0.25) is 18.9 Å². The van der Waals surface area contributed by atoms with E-state index in [2.05, 4.69) is 10.3 Å². The number of halogens is 1. The number of rotatable bonds is 5. The van der Waals surface area contributed by atoms with Crippen LogP contribution in [0.2, 0.25) is 5.02 Å². The van der Waals surface area contributed by atoms with Gasteiger partial charge in [0.25, 0.3) is 5.56 Å². The number of benzene rings is 1. The Morgan fingerprint density at radius 3 is 2.85 bits per heavy atom. The zero-order valence-electron chi connectivity index (χ0n) is 14.6. The van der Waals surface area contributed by atoms with Gasteiger partial charge in [-0.15, -0.1) is 0 Å². The predicted octanol–water partition coefficient (Wildman–Crippen LogP) is 2.73. The van der Waals surface area contributed by atoms with Gasteiger partial charge in [-0.2, -0.15) is 0 Å². The van der Waals surface area contributed by atoms with Gasteiger partial charge in [0.2, 0.25) is 5.91 Å². The first-order valence-electron chi connectivity index (χ1n) is 8.13. The van der Waals surface area contributed by atoms with Crippen molar-refractivity contribution in [1.82, 2.24) is 14.3 Å². The molecular formula is C19H19ClN4O2. The highest BCUT2D eigenvalue weighted by Crippen LogP contribution is 2.14. The number of amides is 1. The van der Waals surface area contributed by atoms with E-state index in [0.717, 1.165) is 5.56 Å². The smallest absolute Gasteiger partial charge is 0.258 e. The highest BCUT2D eigenvalue weighted by molar-refractivity contribution is 6.30. The second kappa shape index (κ2) is 7.68. The number of hydrogen-bond donors (Lipinski definition) is 1. The maximum atomic E-state index is 12.2. The molecule has 0 saturated carbocycles. The summed E-state index contributed by atoms with van der Waals surface area (Å²) in [7, 11) is 1.80. The fourth-order valence-electron chi connectivity index (χ4n) is 2.68. The molecule has 134 valence electrons. The first kappa shape index (κ1) is 18.1. The number of aromatic nitrogens is 2. The molecule has 0 saturated heterocycles. The van der Waals surface area contributed by atoms with Crippen molar-refractivity contribution in [3.63, 3.8) is 0 Å². The standard InChI is InChI=1S/C19H19ClN4O2/c1-13-6-7-17-21-16(9-19(26)24(17)10-13)11-23(2)12-18(25)22-15-5-3-4-14(20)8-15/h3-10H,11-12H2,1-2H3,(H,22,25). The van der Waals surface area contributed by atoms with Gasteiger partial charge < -0.3 is 5.32 Å². The number of fused-ring (bicyclic) bond motifs is 1. The molecule has 7 heteroatoms. The molecule has 3 aromatic rings.